The number of aromatic nitrogens is 1. The predicted octanol–water partition coefficient (Wildman–Crippen LogP) is 1.17. The number of benzene rings is 1. The van der Waals surface area contributed by atoms with Crippen molar-refractivity contribution in [2.45, 2.75) is 0 Å². The number of carboxylic acids is 1. The lowest BCUT2D eigenvalue weighted by atomic mass is 10.3. The Labute approximate surface area is 95.6 Å². The van der Waals surface area contributed by atoms with Gasteiger partial charge in [-0.25, -0.2) is 9.59 Å². The van der Waals surface area contributed by atoms with Gasteiger partial charge in [-0.05, 0) is 18.2 Å². The number of aromatic amines is 1. The summed E-state index contributed by atoms with van der Waals surface area (Å²) in [6, 6.07) is 5.12. The fraction of sp³-hybridized carbons (Fsp3) is 0.0909. The van der Waals surface area contributed by atoms with Crippen LogP contribution in [0.2, 0.25) is 0 Å². The van der Waals surface area contributed by atoms with Crippen LogP contribution in [0.1, 0.15) is 0 Å². The monoisotopic (exact) mass is 234 g/mol. The number of nitrogens with one attached hydrogen (secondary N) is 2. The summed E-state index contributed by atoms with van der Waals surface area (Å²) < 4.78 is 4.85. The first-order chi connectivity index (χ1) is 8.15. The lowest BCUT2D eigenvalue weighted by Gasteiger charge is -2.01. The van der Waals surface area contributed by atoms with E-state index in [4.69, 9.17) is 9.52 Å². The van der Waals surface area contributed by atoms with E-state index >= 15 is 0 Å². The zero-order valence-electron chi connectivity index (χ0n) is 8.77. The zero-order chi connectivity index (χ0) is 12.3. The highest BCUT2D eigenvalue weighted by Crippen LogP contribution is 2.15. The molecule has 2 rings (SSSR count). The smallest absolute Gasteiger partial charge is 0.417 e. The normalized spacial score (nSPS) is 11.1. The van der Waals surface area contributed by atoms with E-state index < -0.39 is 11.7 Å². The van der Waals surface area contributed by atoms with E-state index in [2.05, 4.69) is 10.3 Å². The fourth-order valence-corrected chi connectivity index (χ4v) is 1.40. The molecule has 0 saturated heterocycles. The fourth-order valence-electron chi connectivity index (χ4n) is 1.40. The van der Waals surface area contributed by atoms with Gasteiger partial charge >= 0.3 is 11.7 Å². The number of hydrogen-bond donors (Lipinski definition) is 3. The van der Waals surface area contributed by atoms with Crippen molar-refractivity contribution in [1.82, 2.24) is 4.98 Å². The molecule has 0 radical (unpaired) electrons. The summed E-state index contributed by atoms with van der Waals surface area (Å²) in [6.07, 6.45) is 2.55. The van der Waals surface area contributed by atoms with Crippen LogP contribution in [0, 0.1) is 0 Å². The van der Waals surface area contributed by atoms with Crippen LogP contribution in [0.5, 0.6) is 0 Å². The third-order valence-electron chi connectivity index (χ3n) is 2.10. The van der Waals surface area contributed by atoms with Crippen molar-refractivity contribution in [3.63, 3.8) is 0 Å². The summed E-state index contributed by atoms with van der Waals surface area (Å²) in [5.74, 6) is -1.48. The molecule has 0 unspecified atom stereocenters. The molecule has 0 atom stereocenters. The van der Waals surface area contributed by atoms with Gasteiger partial charge in [0.15, 0.2) is 5.58 Å². The Balaban J connectivity index is 2.09. The van der Waals surface area contributed by atoms with Gasteiger partial charge in [-0.3, -0.25) is 4.98 Å². The quantitative estimate of drug-likeness (QED) is 0.690. The minimum atomic E-state index is -0.985. The van der Waals surface area contributed by atoms with Gasteiger partial charge in [-0.1, -0.05) is 6.08 Å². The van der Waals surface area contributed by atoms with Gasteiger partial charge < -0.3 is 14.8 Å². The summed E-state index contributed by atoms with van der Waals surface area (Å²) in [4.78, 5) is 23.7. The number of carboxylic acid groups (broad SMARTS) is 1. The van der Waals surface area contributed by atoms with Crippen molar-refractivity contribution in [1.29, 1.82) is 0 Å². The number of carbonyl (C=O) groups is 1. The van der Waals surface area contributed by atoms with Gasteiger partial charge in [0.2, 0.25) is 0 Å². The Morgan fingerprint density at radius 2 is 2.35 bits per heavy atom. The summed E-state index contributed by atoms with van der Waals surface area (Å²) in [7, 11) is 0. The third kappa shape index (κ3) is 2.75. The van der Waals surface area contributed by atoms with Crippen LogP contribution in [0.25, 0.3) is 11.1 Å². The third-order valence-corrected chi connectivity index (χ3v) is 2.10. The topological polar surface area (TPSA) is 95.3 Å². The number of hydrogen-bond acceptors (Lipinski definition) is 4. The van der Waals surface area contributed by atoms with Crippen molar-refractivity contribution in [3.8, 4) is 0 Å². The molecule has 88 valence electrons. The second kappa shape index (κ2) is 4.56. The molecule has 1 aromatic carbocycles. The van der Waals surface area contributed by atoms with E-state index in [-0.39, 0.29) is 0 Å². The lowest BCUT2D eigenvalue weighted by Crippen LogP contribution is -1.99. The number of oxazole rings is 1. The van der Waals surface area contributed by atoms with Gasteiger partial charge in [0, 0.05) is 18.3 Å². The van der Waals surface area contributed by atoms with Gasteiger partial charge in [0.05, 0.1) is 5.52 Å². The molecule has 0 spiro atoms. The molecule has 2 aromatic rings. The van der Waals surface area contributed by atoms with Crippen LogP contribution in [0.4, 0.5) is 5.69 Å². The highest BCUT2D eigenvalue weighted by Gasteiger charge is 2.00. The Bertz CT molecular complexity index is 624. The van der Waals surface area contributed by atoms with Crippen LogP contribution in [-0.2, 0) is 4.79 Å². The minimum Gasteiger partial charge on any atom is -0.478 e. The first-order valence-corrected chi connectivity index (χ1v) is 4.91. The summed E-state index contributed by atoms with van der Waals surface area (Å²) in [5.41, 5.74) is 1.86. The second-order valence-corrected chi connectivity index (χ2v) is 3.35. The summed E-state index contributed by atoms with van der Waals surface area (Å²) in [6.45, 7) is 0.389. The van der Waals surface area contributed by atoms with Crippen LogP contribution in [0.3, 0.4) is 0 Å². The molecule has 3 N–H and O–H groups in total. The highest BCUT2D eigenvalue weighted by atomic mass is 16.4. The van der Waals surface area contributed by atoms with E-state index in [0.717, 1.165) is 11.8 Å². The van der Waals surface area contributed by atoms with Gasteiger partial charge in [-0.2, -0.15) is 0 Å². The van der Waals surface area contributed by atoms with Crippen LogP contribution < -0.4 is 11.1 Å². The number of aliphatic carboxylic acids is 1. The van der Waals surface area contributed by atoms with Gasteiger partial charge in [0.25, 0.3) is 0 Å². The van der Waals surface area contributed by atoms with E-state index in [9.17, 15) is 9.59 Å². The van der Waals surface area contributed by atoms with Crippen molar-refractivity contribution in [2.24, 2.45) is 0 Å². The van der Waals surface area contributed by atoms with E-state index in [1.54, 1.807) is 18.2 Å². The SMILES string of the molecule is O=C(O)/C=C/CNc1ccc2oc(=O)[nH]c2c1. The van der Waals surface area contributed by atoms with Crippen molar-refractivity contribution in [3.05, 3.63) is 40.9 Å². The van der Waals surface area contributed by atoms with Gasteiger partial charge in [-0.15, -0.1) is 0 Å². The van der Waals surface area contributed by atoms with E-state index in [1.807, 2.05) is 0 Å². The minimum absolute atomic E-state index is 0.389. The van der Waals surface area contributed by atoms with Gasteiger partial charge in [0.1, 0.15) is 0 Å². The molecular formula is C11H10N2O4. The average molecular weight is 234 g/mol. The van der Waals surface area contributed by atoms with Crippen molar-refractivity contribution in [2.75, 3.05) is 11.9 Å². The Kier molecular flexibility index (Phi) is 2.95. The maximum Gasteiger partial charge on any atom is 0.417 e. The molecule has 6 nitrogen and oxygen atoms in total. The van der Waals surface area contributed by atoms with Crippen molar-refractivity contribution < 1.29 is 14.3 Å². The second-order valence-electron chi connectivity index (χ2n) is 3.35. The molecule has 0 aliphatic heterocycles. The zero-order valence-corrected chi connectivity index (χ0v) is 8.77. The standard InChI is InChI=1S/C11H10N2O4/c14-10(15)2-1-5-12-7-3-4-9-8(6-7)13-11(16)17-9/h1-4,6,12H,5H2,(H,13,16)(H,14,15)/b2-1+. The lowest BCUT2D eigenvalue weighted by molar-refractivity contribution is -0.131. The van der Waals surface area contributed by atoms with E-state index in [1.165, 1.54) is 6.08 Å². The maximum absolute atomic E-state index is 10.9. The highest BCUT2D eigenvalue weighted by molar-refractivity contribution is 5.80. The van der Waals surface area contributed by atoms with Crippen molar-refractivity contribution >= 4 is 22.8 Å². The molecule has 0 amide bonds. The van der Waals surface area contributed by atoms with Crippen LogP contribution >= 0.6 is 0 Å². The molecule has 17 heavy (non-hydrogen) atoms. The number of H-pyrrole nitrogens is 1. The molecule has 0 fully saturated rings. The molecule has 1 heterocycles. The number of anilines is 1. The number of rotatable bonds is 4. The summed E-state index contributed by atoms with van der Waals surface area (Å²) >= 11 is 0. The Morgan fingerprint density at radius 1 is 1.53 bits per heavy atom. The predicted molar refractivity (Wildman–Crippen MR) is 62.1 cm³/mol. The molecule has 1 aromatic heterocycles. The first kappa shape index (κ1) is 11.0. The molecule has 0 aliphatic carbocycles. The van der Waals surface area contributed by atoms with Crippen LogP contribution in [-0.4, -0.2) is 22.6 Å². The average Bonchev–Trinajstić information content (AvgIpc) is 2.63. The molecule has 6 heteroatoms. The largest absolute Gasteiger partial charge is 0.478 e. The molecular weight excluding hydrogens is 224 g/mol. The molecule has 0 aliphatic rings. The van der Waals surface area contributed by atoms with Crippen LogP contribution in [0.15, 0.2) is 39.6 Å². The first-order valence-electron chi connectivity index (χ1n) is 4.91. The molecule has 0 bridgehead atoms. The summed E-state index contributed by atoms with van der Waals surface area (Å²) in [5, 5.41) is 11.4. The molecule has 0 saturated carbocycles. The van der Waals surface area contributed by atoms with E-state index in [0.29, 0.717) is 17.6 Å². The Hall–Kier alpha value is -2.50. The maximum atomic E-state index is 10.9. The Morgan fingerprint density at radius 3 is 3.12 bits per heavy atom. The number of fused-ring (bicyclic) bond motifs is 1.